The van der Waals surface area contributed by atoms with Crippen molar-refractivity contribution in [2.75, 3.05) is 26.7 Å². The van der Waals surface area contributed by atoms with Crippen molar-refractivity contribution >= 4 is 53.1 Å². The predicted octanol–water partition coefficient (Wildman–Crippen LogP) is 1.36. The Balaban J connectivity index is 1.29. The number of ether oxygens (including phenoxy) is 1. The first kappa shape index (κ1) is 48.9. The highest BCUT2D eigenvalue weighted by atomic mass is 16.5. The molecule has 0 radical (unpaired) electrons. The van der Waals surface area contributed by atoms with Gasteiger partial charge in [-0.25, -0.2) is 4.79 Å². The molecule has 3 heterocycles. The van der Waals surface area contributed by atoms with Crippen molar-refractivity contribution in [2.24, 2.45) is 5.92 Å². The number of benzene rings is 1. The second-order valence-corrected chi connectivity index (χ2v) is 16.4. The zero-order valence-corrected chi connectivity index (χ0v) is 36.9. The van der Waals surface area contributed by atoms with E-state index in [-0.39, 0.29) is 68.4 Å². The first-order valence-corrected chi connectivity index (χ1v) is 21.7. The van der Waals surface area contributed by atoms with Crippen LogP contribution < -0.4 is 21.3 Å². The third kappa shape index (κ3) is 13.2. The highest BCUT2D eigenvalue weighted by Crippen LogP contribution is 2.26. The molecule has 65 heavy (non-hydrogen) atoms. The van der Waals surface area contributed by atoms with Crippen LogP contribution >= 0.6 is 0 Å². The van der Waals surface area contributed by atoms with Crippen LogP contribution in [0.2, 0.25) is 0 Å². The summed E-state index contributed by atoms with van der Waals surface area (Å²) in [6.45, 7) is 4.65. The van der Waals surface area contributed by atoms with Crippen molar-refractivity contribution in [2.45, 2.75) is 95.5 Å². The molecule has 7 atom stereocenters. The summed E-state index contributed by atoms with van der Waals surface area (Å²) in [4.78, 5) is 124. The van der Waals surface area contributed by atoms with Gasteiger partial charge in [-0.3, -0.25) is 38.4 Å². The molecule has 4 aliphatic rings. The lowest BCUT2D eigenvalue weighted by molar-refractivity contribution is -0.158. The smallest absolute Gasteiger partial charge is 0.328 e. The van der Waals surface area contributed by atoms with Gasteiger partial charge >= 0.3 is 5.97 Å². The van der Waals surface area contributed by atoms with Crippen LogP contribution in [-0.2, 0) is 54.3 Å². The third-order valence-corrected chi connectivity index (χ3v) is 11.5. The number of aliphatic hydroxyl groups excluding tert-OH is 1. The average Bonchev–Trinajstić information content (AvgIpc) is 4.02. The number of cyclic esters (lactones) is 1. The maximum atomic E-state index is 14.4. The van der Waals surface area contributed by atoms with E-state index in [1.807, 2.05) is 6.92 Å². The Morgan fingerprint density at radius 3 is 2.12 bits per heavy atom. The summed E-state index contributed by atoms with van der Waals surface area (Å²) >= 11 is 0. The number of fused-ring (bicyclic) bond motifs is 2. The Bertz CT molecular complexity index is 2200. The molecule has 1 aromatic rings. The molecule has 346 valence electrons. The number of nitrogens with zero attached hydrogens (tertiary/aromatic N) is 3. The Morgan fingerprint density at radius 2 is 1.48 bits per heavy atom. The van der Waals surface area contributed by atoms with E-state index in [9.17, 15) is 48.3 Å². The Kier molecular flexibility index (Phi) is 17.3. The van der Waals surface area contributed by atoms with Crippen molar-refractivity contribution < 1.29 is 53.0 Å². The molecule has 0 aromatic heterocycles. The molecule has 3 fully saturated rings. The summed E-state index contributed by atoms with van der Waals surface area (Å²) in [6.07, 6.45) is 16.5. The number of rotatable bonds is 12. The lowest BCUT2D eigenvalue weighted by atomic mass is 10.0. The largest absolute Gasteiger partial charge is 0.510 e. The summed E-state index contributed by atoms with van der Waals surface area (Å²) in [6, 6.07) is 2.15. The van der Waals surface area contributed by atoms with Crippen molar-refractivity contribution in [1.82, 2.24) is 36.0 Å². The fourth-order valence-corrected chi connectivity index (χ4v) is 7.85. The molecule has 3 aliphatic heterocycles. The van der Waals surface area contributed by atoms with Crippen LogP contribution in [-0.4, -0.2) is 136 Å². The maximum Gasteiger partial charge on any atom is 0.328 e. The Labute approximate surface area is 377 Å². The number of esters is 1. The maximum absolute atomic E-state index is 14.4. The fraction of sp³-hybridized carbons (Fsp3) is 0.426. The summed E-state index contributed by atoms with van der Waals surface area (Å²) in [5.41, 5.74) is 0.616. The monoisotopic (exact) mass is 895 g/mol. The number of hydrogen-bond donors (Lipinski definition) is 5. The van der Waals surface area contributed by atoms with Crippen LogP contribution in [0, 0.1) is 5.92 Å². The van der Waals surface area contributed by atoms with Gasteiger partial charge in [0.05, 0.1) is 0 Å². The summed E-state index contributed by atoms with van der Waals surface area (Å²) in [5.74, 6) is -5.59. The molecule has 0 spiro atoms. The van der Waals surface area contributed by atoms with E-state index >= 15 is 0 Å². The van der Waals surface area contributed by atoms with E-state index in [4.69, 9.17) is 4.74 Å². The van der Waals surface area contributed by atoms with Crippen molar-refractivity contribution in [3.05, 3.63) is 108 Å². The number of amides is 7. The number of likely N-dealkylation sites (N-methyl/N-ethyl adjacent to an activating group) is 1. The Morgan fingerprint density at radius 1 is 0.831 bits per heavy atom. The molecule has 5 N–H and O–H groups in total. The number of allylic oxidation sites excluding steroid dienone is 10. The van der Waals surface area contributed by atoms with Gasteiger partial charge in [0.15, 0.2) is 5.78 Å². The quantitative estimate of drug-likeness (QED) is 0.114. The van der Waals surface area contributed by atoms with Gasteiger partial charge in [-0.1, -0.05) is 85.9 Å². The zero-order valence-electron chi connectivity index (χ0n) is 36.9. The molecule has 2 unspecified atom stereocenters. The van der Waals surface area contributed by atoms with Crippen LogP contribution in [0.25, 0.3) is 0 Å². The molecule has 1 aromatic carbocycles. The minimum atomic E-state index is -1.49. The van der Waals surface area contributed by atoms with E-state index < -0.39 is 90.2 Å². The van der Waals surface area contributed by atoms with Gasteiger partial charge in [-0.05, 0) is 44.6 Å². The highest BCUT2D eigenvalue weighted by Gasteiger charge is 2.44. The minimum absolute atomic E-state index is 0.0250. The lowest BCUT2D eigenvalue weighted by Gasteiger charge is -2.34. The minimum Gasteiger partial charge on any atom is -0.510 e. The van der Waals surface area contributed by atoms with Crippen molar-refractivity contribution in [1.29, 1.82) is 0 Å². The van der Waals surface area contributed by atoms with Gasteiger partial charge in [-0.15, -0.1) is 0 Å². The third-order valence-electron chi connectivity index (χ3n) is 11.5. The summed E-state index contributed by atoms with van der Waals surface area (Å²) in [5, 5.41) is 20.1. The standard InChI is InChI=1S/C47H57N7O11/c1-29-25-36-47(64)65-28-34(45(62)53-24-16-19-35(53)46(63)52(4)31(3)42(59)48-30(2)44(61)54(36)27-29)50-43(60)33(26-32-17-12-11-13-18-32)49-39(57)20-14-9-7-5-6-8-10-15-21-40(58)51-41-37(55)22-23-38(41)56/h5-15,17-18,20-21,29-31,33-36,55H,16,19,22-28H2,1-4H3,(H,48,59)(H,49,57)(H,50,60)(H,51,58)/t29-,30?,31+,33?,34+,35+,36+/m1/s1. The topological polar surface area (TPSA) is 241 Å². The second-order valence-electron chi connectivity index (χ2n) is 16.4. The van der Waals surface area contributed by atoms with Gasteiger partial charge in [0.25, 0.3) is 0 Å². The number of nitrogens with one attached hydrogen (secondary N) is 4. The van der Waals surface area contributed by atoms with Crippen LogP contribution in [0.5, 0.6) is 0 Å². The van der Waals surface area contributed by atoms with E-state index in [0.29, 0.717) is 12.0 Å². The van der Waals surface area contributed by atoms with Crippen LogP contribution in [0.15, 0.2) is 103 Å². The SMILES string of the molecule is CC1NC(=O)[C@H](C)N(C)C(=O)[C@@H]2CCCN2C(=O)[C@@H](NC(=O)C(Cc2ccccc2)NC(=O)C=CC=CC=CC=CC=CC(=O)NC2=C(O)CCC2=O)COC(=O)[C@@H]2C[C@@H](C)CN2C1=O. The lowest BCUT2D eigenvalue weighted by Crippen LogP contribution is -2.60. The first-order valence-electron chi connectivity index (χ1n) is 21.7. The van der Waals surface area contributed by atoms with Gasteiger partial charge in [0.1, 0.15) is 54.3 Å². The van der Waals surface area contributed by atoms with Gasteiger partial charge in [-0.2, -0.15) is 0 Å². The molecule has 0 bridgehead atoms. The molecule has 7 amide bonds. The zero-order chi connectivity index (χ0) is 47.2. The number of carbonyl (C=O) groups is 9. The van der Waals surface area contributed by atoms with E-state index in [1.54, 1.807) is 66.8 Å². The number of carbonyl (C=O) groups excluding carboxylic acids is 9. The molecular weight excluding hydrogens is 839 g/mol. The molecule has 5 rings (SSSR count). The number of ketones is 1. The van der Waals surface area contributed by atoms with Crippen LogP contribution in [0.1, 0.15) is 58.4 Å². The summed E-state index contributed by atoms with van der Waals surface area (Å²) < 4.78 is 5.70. The molecule has 0 saturated carbocycles. The van der Waals surface area contributed by atoms with Gasteiger partial charge in [0.2, 0.25) is 41.4 Å². The van der Waals surface area contributed by atoms with Crippen molar-refractivity contribution in [3.63, 3.8) is 0 Å². The predicted molar refractivity (Wildman–Crippen MR) is 237 cm³/mol. The number of Topliss-reactive ketones (excluding diaryl/α,β-unsaturated/α-hetero) is 1. The normalized spacial score (nSPS) is 25.6. The van der Waals surface area contributed by atoms with Gasteiger partial charge < -0.3 is 45.8 Å². The fourth-order valence-electron chi connectivity index (χ4n) is 7.85. The molecule has 18 nitrogen and oxygen atoms in total. The van der Waals surface area contributed by atoms with Gasteiger partial charge in [0, 0.05) is 51.6 Å². The van der Waals surface area contributed by atoms with Crippen molar-refractivity contribution in [3.8, 4) is 0 Å². The van der Waals surface area contributed by atoms with Crippen LogP contribution in [0.3, 0.4) is 0 Å². The van der Waals surface area contributed by atoms with E-state index in [1.165, 1.54) is 59.9 Å². The van der Waals surface area contributed by atoms with Crippen LogP contribution in [0.4, 0.5) is 0 Å². The second kappa shape index (κ2) is 23.0. The number of hydrogen-bond acceptors (Lipinski definition) is 11. The highest BCUT2D eigenvalue weighted by molar-refractivity contribution is 6.03. The molecule has 3 saturated heterocycles. The first-order chi connectivity index (χ1) is 31.0. The molecule has 1 aliphatic carbocycles. The average molecular weight is 896 g/mol. The molecule has 18 heteroatoms. The summed E-state index contributed by atoms with van der Waals surface area (Å²) in [7, 11) is 1.44. The molecular formula is C47H57N7O11. The Hall–Kier alpha value is -7.11. The van der Waals surface area contributed by atoms with E-state index in [0.717, 1.165) is 0 Å². The number of aliphatic hydroxyl groups is 1. The van der Waals surface area contributed by atoms with E-state index in [2.05, 4.69) is 21.3 Å².